The fourth-order valence-corrected chi connectivity index (χ4v) is 3.65. The molecule has 0 aliphatic carbocycles. The lowest BCUT2D eigenvalue weighted by Gasteiger charge is -2.09. The van der Waals surface area contributed by atoms with Crippen LogP contribution in [0.1, 0.15) is 16.7 Å². The Morgan fingerprint density at radius 3 is 2.46 bits per heavy atom. The fraction of sp³-hybridized carbons (Fsp3) is 0.235. The highest BCUT2D eigenvalue weighted by Gasteiger charge is 2.14. The molecule has 7 heteroatoms. The van der Waals surface area contributed by atoms with Crippen LogP contribution in [-0.2, 0) is 16.4 Å². The molecule has 0 atom stereocenters. The van der Waals surface area contributed by atoms with Gasteiger partial charge in [-0.2, -0.15) is 0 Å². The van der Waals surface area contributed by atoms with E-state index in [1.54, 1.807) is 24.3 Å². The van der Waals surface area contributed by atoms with Gasteiger partial charge in [-0.1, -0.05) is 12.1 Å². The standard InChI is InChI=1S/C17H19N3O3S/c1-11-3-5-14(9-12(11)2)24(22,23)18-8-7-13-4-6-15-16(10-13)20-17(21)19-15/h3-6,9-10,18H,7-8H2,1-2H3,(H2,19,20,21). The number of rotatable bonds is 5. The van der Waals surface area contributed by atoms with Gasteiger partial charge in [0.1, 0.15) is 0 Å². The molecule has 0 radical (unpaired) electrons. The van der Waals surface area contributed by atoms with Gasteiger partial charge < -0.3 is 9.97 Å². The lowest BCUT2D eigenvalue weighted by Crippen LogP contribution is -2.26. The Hall–Kier alpha value is -2.38. The normalized spacial score (nSPS) is 11.9. The van der Waals surface area contributed by atoms with Gasteiger partial charge >= 0.3 is 5.69 Å². The average Bonchev–Trinajstić information content (AvgIpc) is 2.89. The molecule has 24 heavy (non-hydrogen) atoms. The van der Waals surface area contributed by atoms with E-state index >= 15 is 0 Å². The van der Waals surface area contributed by atoms with E-state index in [9.17, 15) is 13.2 Å². The van der Waals surface area contributed by atoms with Gasteiger partial charge in [0, 0.05) is 6.54 Å². The van der Waals surface area contributed by atoms with E-state index in [0.29, 0.717) is 6.42 Å². The van der Waals surface area contributed by atoms with Crippen LogP contribution in [0, 0.1) is 13.8 Å². The van der Waals surface area contributed by atoms with Crippen LogP contribution in [-0.4, -0.2) is 24.9 Å². The third-order valence-electron chi connectivity index (χ3n) is 4.07. The average molecular weight is 345 g/mol. The summed E-state index contributed by atoms with van der Waals surface area (Å²) in [6.45, 7) is 4.12. The molecule has 0 spiro atoms. The topological polar surface area (TPSA) is 94.8 Å². The largest absolute Gasteiger partial charge is 0.323 e. The van der Waals surface area contributed by atoms with Crippen LogP contribution in [0.25, 0.3) is 11.0 Å². The molecule has 6 nitrogen and oxygen atoms in total. The maximum atomic E-state index is 12.3. The maximum Gasteiger partial charge on any atom is 0.323 e. The van der Waals surface area contributed by atoms with Crippen molar-refractivity contribution in [2.75, 3.05) is 6.54 Å². The van der Waals surface area contributed by atoms with Gasteiger partial charge in [0.25, 0.3) is 0 Å². The quantitative estimate of drug-likeness (QED) is 0.660. The summed E-state index contributed by atoms with van der Waals surface area (Å²) in [5.74, 6) is 0. The molecule has 0 saturated carbocycles. The molecule has 3 aromatic rings. The summed E-state index contributed by atoms with van der Waals surface area (Å²) in [5.41, 5.74) is 4.15. The number of hydrogen-bond acceptors (Lipinski definition) is 3. The van der Waals surface area contributed by atoms with Crippen LogP contribution in [0.3, 0.4) is 0 Å². The number of aryl methyl sites for hydroxylation is 2. The number of imidazole rings is 1. The van der Waals surface area contributed by atoms with Crippen LogP contribution in [0.5, 0.6) is 0 Å². The Bertz CT molecular complexity index is 1050. The Balaban J connectivity index is 1.69. The fourth-order valence-electron chi connectivity index (χ4n) is 2.53. The monoisotopic (exact) mass is 345 g/mol. The second-order valence-electron chi connectivity index (χ2n) is 5.85. The van der Waals surface area contributed by atoms with Crippen molar-refractivity contribution < 1.29 is 8.42 Å². The summed E-state index contributed by atoms with van der Waals surface area (Å²) in [5, 5.41) is 0. The van der Waals surface area contributed by atoms with Crippen molar-refractivity contribution in [3.63, 3.8) is 0 Å². The molecule has 0 aliphatic rings. The predicted molar refractivity (Wildman–Crippen MR) is 93.7 cm³/mol. The van der Waals surface area contributed by atoms with Gasteiger partial charge in [-0.3, -0.25) is 0 Å². The van der Waals surface area contributed by atoms with E-state index in [1.807, 2.05) is 26.0 Å². The molecule has 3 N–H and O–H groups in total. The zero-order chi connectivity index (χ0) is 17.3. The third-order valence-corrected chi connectivity index (χ3v) is 5.53. The number of aromatic amines is 2. The van der Waals surface area contributed by atoms with Crippen molar-refractivity contribution in [1.82, 2.24) is 14.7 Å². The number of H-pyrrole nitrogens is 2. The molecule has 0 aliphatic heterocycles. The number of fused-ring (bicyclic) bond motifs is 1. The molecule has 126 valence electrons. The number of nitrogens with one attached hydrogen (secondary N) is 3. The first-order valence-corrected chi connectivity index (χ1v) is 9.11. The van der Waals surface area contributed by atoms with Gasteiger partial charge in [-0.15, -0.1) is 0 Å². The van der Waals surface area contributed by atoms with Crippen molar-refractivity contribution in [2.24, 2.45) is 0 Å². The molecule has 0 fully saturated rings. The van der Waals surface area contributed by atoms with Crippen molar-refractivity contribution >= 4 is 21.1 Å². The van der Waals surface area contributed by atoms with E-state index in [-0.39, 0.29) is 17.1 Å². The minimum atomic E-state index is -3.52. The van der Waals surface area contributed by atoms with E-state index in [4.69, 9.17) is 0 Å². The number of aromatic nitrogens is 2. The molecule has 1 aromatic heterocycles. The van der Waals surface area contributed by atoms with Crippen molar-refractivity contribution in [3.05, 3.63) is 63.6 Å². The first-order valence-electron chi connectivity index (χ1n) is 7.63. The number of hydrogen-bond donors (Lipinski definition) is 3. The summed E-state index contributed by atoms with van der Waals surface area (Å²) in [6.07, 6.45) is 0.535. The summed E-state index contributed by atoms with van der Waals surface area (Å²) in [4.78, 5) is 16.9. The Labute approximate surface area is 140 Å². The highest BCUT2D eigenvalue weighted by Crippen LogP contribution is 2.15. The minimum Gasteiger partial charge on any atom is -0.306 e. The summed E-state index contributed by atoms with van der Waals surface area (Å²) >= 11 is 0. The molecule has 0 amide bonds. The molecule has 0 saturated heterocycles. The van der Waals surface area contributed by atoms with Crippen molar-refractivity contribution in [2.45, 2.75) is 25.2 Å². The summed E-state index contributed by atoms with van der Waals surface area (Å²) < 4.78 is 27.3. The van der Waals surface area contributed by atoms with Gasteiger partial charge in [-0.25, -0.2) is 17.9 Å². The second-order valence-corrected chi connectivity index (χ2v) is 7.62. The molecular formula is C17H19N3O3S. The van der Waals surface area contributed by atoms with E-state index in [0.717, 1.165) is 27.7 Å². The van der Waals surface area contributed by atoms with E-state index in [1.165, 1.54) is 0 Å². The van der Waals surface area contributed by atoms with E-state index in [2.05, 4.69) is 14.7 Å². The first kappa shape index (κ1) is 16.5. The molecule has 2 aromatic carbocycles. The second kappa shape index (κ2) is 6.26. The predicted octanol–water partition coefficient (Wildman–Crippen LogP) is 1.99. The smallest absolute Gasteiger partial charge is 0.306 e. The molecular weight excluding hydrogens is 326 g/mol. The number of benzene rings is 2. The zero-order valence-corrected chi connectivity index (χ0v) is 14.3. The van der Waals surface area contributed by atoms with Crippen LogP contribution >= 0.6 is 0 Å². The van der Waals surface area contributed by atoms with Crippen LogP contribution < -0.4 is 10.4 Å². The third kappa shape index (κ3) is 3.42. The molecule has 1 heterocycles. The molecule has 0 bridgehead atoms. The highest BCUT2D eigenvalue weighted by molar-refractivity contribution is 7.89. The SMILES string of the molecule is Cc1ccc(S(=O)(=O)NCCc2ccc3[nH]c(=O)[nH]c3c2)cc1C. The van der Waals surface area contributed by atoms with Gasteiger partial charge in [0.2, 0.25) is 10.0 Å². The Kier molecular flexibility index (Phi) is 4.29. The molecule has 0 unspecified atom stereocenters. The van der Waals surface area contributed by atoms with Crippen molar-refractivity contribution in [1.29, 1.82) is 0 Å². The van der Waals surface area contributed by atoms with Gasteiger partial charge in [0.15, 0.2) is 0 Å². The van der Waals surface area contributed by atoms with Crippen LogP contribution in [0.4, 0.5) is 0 Å². The summed E-state index contributed by atoms with van der Waals surface area (Å²) in [7, 11) is -3.52. The van der Waals surface area contributed by atoms with Gasteiger partial charge in [-0.05, 0) is 61.2 Å². The Morgan fingerprint density at radius 1 is 0.958 bits per heavy atom. The zero-order valence-electron chi connectivity index (χ0n) is 13.5. The van der Waals surface area contributed by atoms with E-state index < -0.39 is 10.0 Å². The summed E-state index contributed by atoms with van der Waals surface area (Å²) in [6, 6.07) is 10.6. The van der Waals surface area contributed by atoms with Crippen molar-refractivity contribution in [3.8, 4) is 0 Å². The first-order chi connectivity index (χ1) is 11.3. The number of sulfonamides is 1. The maximum absolute atomic E-state index is 12.3. The lowest BCUT2D eigenvalue weighted by atomic mass is 10.1. The van der Waals surface area contributed by atoms with Crippen LogP contribution in [0.2, 0.25) is 0 Å². The Morgan fingerprint density at radius 2 is 1.71 bits per heavy atom. The molecule has 3 rings (SSSR count). The highest BCUT2D eigenvalue weighted by atomic mass is 32.2. The lowest BCUT2D eigenvalue weighted by molar-refractivity contribution is 0.581. The van der Waals surface area contributed by atoms with Crippen LogP contribution in [0.15, 0.2) is 46.1 Å². The minimum absolute atomic E-state index is 0.252. The van der Waals surface area contributed by atoms with Gasteiger partial charge in [0.05, 0.1) is 15.9 Å².